The van der Waals surface area contributed by atoms with Crippen LogP contribution in [0.15, 0.2) is 34.2 Å². The summed E-state index contributed by atoms with van der Waals surface area (Å²) in [5.41, 5.74) is 0.649. The van der Waals surface area contributed by atoms with E-state index in [-0.39, 0.29) is 11.7 Å². The van der Waals surface area contributed by atoms with E-state index in [1.807, 2.05) is 6.07 Å². The van der Waals surface area contributed by atoms with Crippen molar-refractivity contribution in [3.8, 4) is 5.75 Å². The monoisotopic (exact) mass is 274 g/mol. The molecule has 2 aliphatic rings. The highest BCUT2D eigenvalue weighted by Crippen LogP contribution is 2.32. The van der Waals surface area contributed by atoms with Gasteiger partial charge in [0.2, 0.25) is 0 Å². The second-order valence-electron chi connectivity index (χ2n) is 4.56. The Morgan fingerprint density at radius 3 is 2.74 bits per heavy atom. The van der Waals surface area contributed by atoms with Crippen molar-refractivity contribution in [3.05, 3.63) is 34.7 Å². The van der Waals surface area contributed by atoms with Crippen LogP contribution in [0.1, 0.15) is 18.4 Å². The lowest BCUT2D eigenvalue weighted by Gasteiger charge is -2.14. The molecule has 0 aliphatic carbocycles. The molecule has 5 heteroatoms. The number of aromatic hydroxyl groups is 1. The smallest absolute Gasteiger partial charge is 0.286 e. The van der Waals surface area contributed by atoms with Gasteiger partial charge in [0.15, 0.2) is 5.17 Å². The van der Waals surface area contributed by atoms with E-state index in [0.717, 1.165) is 31.1 Å². The van der Waals surface area contributed by atoms with Gasteiger partial charge in [-0.1, -0.05) is 18.2 Å². The minimum atomic E-state index is -0.213. The molecule has 0 aromatic heterocycles. The molecule has 0 unspecified atom stereocenters. The van der Waals surface area contributed by atoms with Gasteiger partial charge in [-0.2, -0.15) is 4.99 Å². The van der Waals surface area contributed by atoms with Crippen molar-refractivity contribution in [1.29, 1.82) is 0 Å². The molecule has 19 heavy (non-hydrogen) atoms. The molecule has 0 spiro atoms. The SMILES string of the molecule is O=C1N=C(N2CCCC2)SC1=Cc1ccccc1O. The summed E-state index contributed by atoms with van der Waals surface area (Å²) in [7, 11) is 0. The van der Waals surface area contributed by atoms with Crippen molar-refractivity contribution in [3.63, 3.8) is 0 Å². The third-order valence-electron chi connectivity index (χ3n) is 3.21. The van der Waals surface area contributed by atoms with Gasteiger partial charge in [-0.15, -0.1) is 0 Å². The van der Waals surface area contributed by atoms with Crippen molar-refractivity contribution in [1.82, 2.24) is 4.90 Å². The number of phenols is 1. The summed E-state index contributed by atoms with van der Waals surface area (Å²) in [5.74, 6) is -0.0341. The average Bonchev–Trinajstić information content (AvgIpc) is 3.02. The van der Waals surface area contributed by atoms with Gasteiger partial charge < -0.3 is 10.0 Å². The summed E-state index contributed by atoms with van der Waals surface area (Å²) in [6.45, 7) is 1.95. The predicted octanol–water partition coefficient (Wildman–Crippen LogP) is 2.46. The topological polar surface area (TPSA) is 52.9 Å². The van der Waals surface area contributed by atoms with E-state index < -0.39 is 0 Å². The fourth-order valence-electron chi connectivity index (χ4n) is 2.19. The van der Waals surface area contributed by atoms with E-state index in [1.165, 1.54) is 11.8 Å². The van der Waals surface area contributed by atoms with E-state index in [0.29, 0.717) is 10.5 Å². The van der Waals surface area contributed by atoms with Gasteiger partial charge in [0.05, 0.1) is 4.91 Å². The lowest BCUT2D eigenvalue weighted by Crippen LogP contribution is -2.23. The first-order valence-electron chi connectivity index (χ1n) is 6.29. The summed E-state index contributed by atoms with van der Waals surface area (Å²) in [6.07, 6.45) is 4.02. The molecule has 1 fully saturated rings. The normalized spacial score (nSPS) is 21.3. The maximum absolute atomic E-state index is 11.9. The summed E-state index contributed by atoms with van der Waals surface area (Å²) in [4.78, 5) is 18.7. The summed E-state index contributed by atoms with van der Waals surface area (Å²) >= 11 is 1.40. The highest BCUT2D eigenvalue weighted by molar-refractivity contribution is 8.18. The van der Waals surface area contributed by atoms with Crippen LogP contribution in [-0.4, -0.2) is 34.2 Å². The number of likely N-dealkylation sites (tertiary alicyclic amines) is 1. The van der Waals surface area contributed by atoms with Crippen LogP contribution in [0.2, 0.25) is 0 Å². The number of aliphatic imine (C=N–C) groups is 1. The van der Waals surface area contributed by atoms with Gasteiger partial charge >= 0.3 is 0 Å². The number of amides is 1. The molecule has 2 heterocycles. The number of thioether (sulfide) groups is 1. The third-order valence-corrected chi connectivity index (χ3v) is 4.25. The van der Waals surface area contributed by atoms with Gasteiger partial charge in [-0.25, -0.2) is 0 Å². The Hall–Kier alpha value is -1.75. The van der Waals surface area contributed by atoms with Gasteiger partial charge in [-0.3, -0.25) is 4.79 Å². The first-order chi connectivity index (χ1) is 9.24. The highest BCUT2D eigenvalue weighted by Gasteiger charge is 2.27. The van der Waals surface area contributed by atoms with Crippen molar-refractivity contribution >= 4 is 28.9 Å². The number of carbonyl (C=O) groups is 1. The van der Waals surface area contributed by atoms with Gasteiger partial charge in [0.25, 0.3) is 5.91 Å². The Balaban J connectivity index is 1.81. The van der Waals surface area contributed by atoms with Gasteiger partial charge in [0.1, 0.15) is 5.75 Å². The summed E-state index contributed by atoms with van der Waals surface area (Å²) in [5, 5.41) is 10.5. The molecule has 1 aromatic rings. The first kappa shape index (κ1) is 12.3. The zero-order chi connectivity index (χ0) is 13.2. The van der Waals surface area contributed by atoms with E-state index in [1.54, 1.807) is 24.3 Å². The number of carbonyl (C=O) groups excluding carboxylic acids is 1. The molecule has 3 rings (SSSR count). The zero-order valence-electron chi connectivity index (χ0n) is 10.4. The molecule has 1 aromatic carbocycles. The lowest BCUT2D eigenvalue weighted by atomic mass is 10.2. The number of amidine groups is 1. The first-order valence-corrected chi connectivity index (χ1v) is 7.11. The molecule has 1 N–H and O–H groups in total. The number of para-hydroxylation sites is 1. The quantitative estimate of drug-likeness (QED) is 0.799. The second kappa shape index (κ2) is 5.09. The van der Waals surface area contributed by atoms with Crippen LogP contribution < -0.4 is 0 Å². The molecule has 2 aliphatic heterocycles. The van der Waals surface area contributed by atoms with Crippen molar-refractivity contribution in [2.45, 2.75) is 12.8 Å². The number of benzene rings is 1. The minimum absolute atomic E-state index is 0.179. The number of hydrogen-bond acceptors (Lipinski definition) is 4. The van der Waals surface area contributed by atoms with Crippen LogP contribution in [0, 0.1) is 0 Å². The predicted molar refractivity (Wildman–Crippen MR) is 76.9 cm³/mol. The van der Waals surface area contributed by atoms with Crippen molar-refractivity contribution in [2.24, 2.45) is 4.99 Å². The summed E-state index contributed by atoms with van der Waals surface area (Å²) < 4.78 is 0. The molecule has 98 valence electrons. The molecular weight excluding hydrogens is 260 g/mol. The second-order valence-corrected chi connectivity index (χ2v) is 5.57. The Labute approximate surface area is 115 Å². The maximum atomic E-state index is 11.9. The minimum Gasteiger partial charge on any atom is -0.507 e. The number of phenolic OH excluding ortho intramolecular Hbond substituents is 1. The van der Waals surface area contributed by atoms with Crippen LogP contribution in [0.5, 0.6) is 5.75 Å². The molecule has 0 bridgehead atoms. The zero-order valence-corrected chi connectivity index (χ0v) is 11.2. The van der Waals surface area contributed by atoms with E-state index >= 15 is 0 Å². The molecule has 1 amide bonds. The Morgan fingerprint density at radius 2 is 2.00 bits per heavy atom. The van der Waals surface area contributed by atoms with Gasteiger partial charge in [0, 0.05) is 18.7 Å². The van der Waals surface area contributed by atoms with Crippen LogP contribution >= 0.6 is 11.8 Å². The highest BCUT2D eigenvalue weighted by atomic mass is 32.2. The molecule has 4 nitrogen and oxygen atoms in total. The Bertz CT molecular complexity index is 575. The third kappa shape index (κ3) is 2.51. The van der Waals surface area contributed by atoms with E-state index in [9.17, 15) is 9.90 Å². The fraction of sp³-hybridized carbons (Fsp3) is 0.286. The number of nitrogens with zero attached hydrogens (tertiary/aromatic N) is 2. The average molecular weight is 274 g/mol. The Morgan fingerprint density at radius 1 is 1.26 bits per heavy atom. The molecule has 1 saturated heterocycles. The van der Waals surface area contributed by atoms with Crippen molar-refractivity contribution < 1.29 is 9.90 Å². The number of hydrogen-bond donors (Lipinski definition) is 1. The molecule has 0 radical (unpaired) electrons. The molecular formula is C14H14N2O2S. The standard InChI is InChI=1S/C14H14N2O2S/c17-11-6-2-1-5-10(11)9-12-13(18)15-14(19-12)16-7-3-4-8-16/h1-2,5-6,9,17H,3-4,7-8H2. The van der Waals surface area contributed by atoms with Gasteiger partial charge in [-0.05, 0) is 36.7 Å². The van der Waals surface area contributed by atoms with Crippen LogP contribution in [-0.2, 0) is 4.79 Å². The number of rotatable bonds is 1. The van der Waals surface area contributed by atoms with E-state index in [2.05, 4.69) is 9.89 Å². The summed E-state index contributed by atoms with van der Waals surface area (Å²) in [6, 6.07) is 6.98. The Kier molecular flexibility index (Phi) is 3.29. The van der Waals surface area contributed by atoms with Crippen LogP contribution in [0.4, 0.5) is 0 Å². The maximum Gasteiger partial charge on any atom is 0.286 e. The van der Waals surface area contributed by atoms with Crippen molar-refractivity contribution in [2.75, 3.05) is 13.1 Å². The largest absolute Gasteiger partial charge is 0.507 e. The van der Waals surface area contributed by atoms with Crippen LogP contribution in [0.3, 0.4) is 0 Å². The van der Waals surface area contributed by atoms with Crippen LogP contribution in [0.25, 0.3) is 6.08 Å². The lowest BCUT2D eigenvalue weighted by molar-refractivity contribution is -0.113. The van der Waals surface area contributed by atoms with E-state index in [4.69, 9.17) is 0 Å². The molecule has 0 saturated carbocycles. The fourth-order valence-corrected chi connectivity index (χ4v) is 3.15. The molecule has 0 atom stereocenters.